The Hall–Kier alpha value is -2.25. The molecule has 0 N–H and O–H groups in total. The molecule has 1 atom stereocenters. The number of rotatable bonds is 4. The monoisotopic (exact) mass is 357 g/mol. The summed E-state index contributed by atoms with van der Waals surface area (Å²) in [5, 5.41) is 4.50. The lowest BCUT2D eigenvalue weighted by Crippen LogP contribution is -2.37. The van der Waals surface area contributed by atoms with Crippen LogP contribution in [0, 0.1) is 13.8 Å². The molecule has 0 spiro atoms. The number of carbonyl (C=O) groups is 1. The first kappa shape index (κ1) is 16.2. The molecule has 1 fully saturated rings. The second kappa shape index (κ2) is 6.57. The fourth-order valence-electron chi connectivity index (χ4n) is 3.03. The van der Waals surface area contributed by atoms with E-state index in [4.69, 9.17) is 14.2 Å². The molecule has 4 rings (SSSR count). The summed E-state index contributed by atoms with van der Waals surface area (Å²) in [6.45, 7) is 5.04. The smallest absolute Gasteiger partial charge is 0.298 e. The molecule has 1 amide bonds. The molecule has 0 unspecified atom stereocenters. The lowest BCUT2D eigenvalue weighted by atomic mass is 10.2. The van der Waals surface area contributed by atoms with E-state index in [0.717, 1.165) is 35.2 Å². The van der Waals surface area contributed by atoms with Crippen LogP contribution in [0.4, 0.5) is 5.13 Å². The maximum Gasteiger partial charge on any atom is 0.298 e. The predicted molar refractivity (Wildman–Crippen MR) is 96.2 cm³/mol. The SMILES string of the molecule is Cc1cc(C(=O)N(C[C@H]2CCCO2)c2nc3c(C)cccc3s2)on1. The van der Waals surface area contributed by atoms with Gasteiger partial charge in [-0.3, -0.25) is 9.69 Å². The molecule has 2 aromatic heterocycles. The normalized spacial score (nSPS) is 17.3. The summed E-state index contributed by atoms with van der Waals surface area (Å²) in [7, 11) is 0. The van der Waals surface area contributed by atoms with E-state index in [1.165, 1.54) is 11.3 Å². The van der Waals surface area contributed by atoms with Crippen molar-refractivity contribution in [3.8, 4) is 0 Å². The van der Waals surface area contributed by atoms with Crippen LogP contribution in [0.2, 0.25) is 0 Å². The topological polar surface area (TPSA) is 68.5 Å². The summed E-state index contributed by atoms with van der Waals surface area (Å²) in [5.41, 5.74) is 2.71. The van der Waals surface area contributed by atoms with Gasteiger partial charge in [-0.05, 0) is 38.3 Å². The zero-order chi connectivity index (χ0) is 17.4. The number of nitrogens with zero attached hydrogens (tertiary/aromatic N) is 3. The van der Waals surface area contributed by atoms with Gasteiger partial charge < -0.3 is 9.26 Å². The van der Waals surface area contributed by atoms with Crippen molar-refractivity contribution in [2.45, 2.75) is 32.8 Å². The average Bonchev–Trinajstić information content (AvgIpc) is 3.32. The Morgan fingerprint density at radius 1 is 1.40 bits per heavy atom. The van der Waals surface area contributed by atoms with E-state index in [0.29, 0.717) is 17.4 Å². The largest absolute Gasteiger partial charge is 0.376 e. The number of para-hydroxylation sites is 1. The van der Waals surface area contributed by atoms with Crippen molar-refractivity contribution in [3.05, 3.63) is 41.3 Å². The highest BCUT2D eigenvalue weighted by Gasteiger charge is 2.29. The van der Waals surface area contributed by atoms with Gasteiger partial charge in [0.1, 0.15) is 0 Å². The first-order valence-corrected chi connectivity index (χ1v) is 9.16. The van der Waals surface area contributed by atoms with Crippen molar-refractivity contribution in [3.63, 3.8) is 0 Å². The lowest BCUT2D eigenvalue weighted by Gasteiger charge is -2.21. The minimum atomic E-state index is -0.229. The number of aromatic nitrogens is 2. The zero-order valence-corrected chi connectivity index (χ0v) is 15.0. The Kier molecular flexibility index (Phi) is 4.27. The summed E-state index contributed by atoms with van der Waals surface area (Å²) in [6, 6.07) is 7.71. The summed E-state index contributed by atoms with van der Waals surface area (Å²) >= 11 is 1.51. The van der Waals surface area contributed by atoms with Gasteiger partial charge in [-0.2, -0.15) is 0 Å². The van der Waals surface area contributed by atoms with Gasteiger partial charge in [0.25, 0.3) is 5.91 Å². The Morgan fingerprint density at radius 3 is 2.96 bits per heavy atom. The first-order valence-electron chi connectivity index (χ1n) is 8.35. The van der Waals surface area contributed by atoms with Crippen LogP contribution in [0.5, 0.6) is 0 Å². The highest BCUT2D eigenvalue weighted by molar-refractivity contribution is 7.22. The molecule has 1 aliphatic heterocycles. The quantitative estimate of drug-likeness (QED) is 0.712. The molecule has 0 radical (unpaired) electrons. The van der Waals surface area contributed by atoms with Crippen LogP contribution in [0.15, 0.2) is 28.8 Å². The fraction of sp³-hybridized carbons (Fsp3) is 0.389. The number of aryl methyl sites for hydroxylation is 2. The van der Waals surface area contributed by atoms with Gasteiger partial charge in [0.05, 0.1) is 28.6 Å². The third kappa shape index (κ3) is 3.17. The highest BCUT2D eigenvalue weighted by Crippen LogP contribution is 2.32. The number of amides is 1. The minimum absolute atomic E-state index is 0.0288. The van der Waals surface area contributed by atoms with Crippen molar-refractivity contribution in [1.29, 1.82) is 0 Å². The maximum absolute atomic E-state index is 13.0. The molecule has 1 saturated heterocycles. The highest BCUT2D eigenvalue weighted by atomic mass is 32.1. The number of benzene rings is 1. The van der Waals surface area contributed by atoms with Crippen LogP contribution in [-0.4, -0.2) is 35.3 Å². The molecular weight excluding hydrogens is 338 g/mol. The Balaban J connectivity index is 1.72. The van der Waals surface area contributed by atoms with Crippen LogP contribution in [0.25, 0.3) is 10.2 Å². The molecule has 3 heterocycles. The number of ether oxygens (including phenoxy) is 1. The number of fused-ring (bicyclic) bond motifs is 1. The van der Waals surface area contributed by atoms with Gasteiger partial charge in [-0.1, -0.05) is 28.6 Å². The summed E-state index contributed by atoms with van der Waals surface area (Å²) < 4.78 is 12.0. The van der Waals surface area contributed by atoms with Crippen LogP contribution >= 0.6 is 11.3 Å². The van der Waals surface area contributed by atoms with Crippen LogP contribution in [0.3, 0.4) is 0 Å². The van der Waals surface area contributed by atoms with Crippen molar-refractivity contribution < 1.29 is 14.1 Å². The van der Waals surface area contributed by atoms with Crippen molar-refractivity contribution in [2.75, 3.05) is 18.1 Å². The molecule has 25 heavy (non-hydrogen) atoms. The van der Waals surface area contributed by atoms with Crippen molar-refractivity contribution >= 4 is 32.6 Å². The Bertz CT molecular complexity index is 911. The molecular formula is C18H19N3O3S. The maximum atomic E-state index is 13.0. The molecule has 0 aliphatic carbocycles. The van der Waals surface area contributed by atoms with Crippen LogP contribution < -0.4 is 4.90 Å². The molecule has 0 saturated carbocycles. The van der Waals surface area contributed by atoms with Gasteiger partial charge in [-0.25, -0.2) is 4.98 Å². The molecule has 0 bridgehead atoms. The summed E-state index contributed by atoms with van der Waals surface area (Å²) in [4.78, 5) is 19.4. The third-order valence-corrected chi connectivity index (χ3v) is 5.38. The number of anilines is 1. The predicted octanol–water partition coefficient (Wildman–Crippen LogP) is 3.73. The van der Waals surface area contributed by atoms with Crippen LogP contribution in [0.1, 0.15) is 34.7 Å². The lowest BCUT2D eigenvalue weighted by molar-refractivity contribution is 0.0887. The van der Waals surface area contributed by atoms with Gasteiger partial charge in [0.2, 0.25) is 5.76 Å². The summed E-state index contributed by atoms with van der Waals surface area (Å²) in [6.07, 6.45) is 2.00. The Labute approximate surface area is 149 Å². The Morgan fingerprint density at radius 2 is 2.28 bits per heavy atom. The molecule has 1 aromatic carbocycles. The summed E-state index contributed by atoms with van der Waals surface area (Å²) in [5.74, 6) is -0.000663. The van der Waals surface area contributed by atoms with Gasteiger partial charge >= 0.3 is 0 Å². The molecule has 130 valence electrons. The van der Waals surface area contributed by atoms with Crippen molar-refractivity contribution in [1.82, 2.24) is 10.1 Å². The van der Waals surface area contributed by atoms with E-state index < -0.39 is 0 Å². The fourth-order valence-corrected chi connectivity index (χ4v) is 4.08. The van der Waals surface area contributed by atoms with E-state index in [-0.39, 0.29) is 17.8 Å². The second-order valence-electron chi connectivity index (χ2n) is 6.30. The van der Waals surface area contributed by atoms with E-state index in [9.17, 15) is 4.79 Å². The zero-order valence-electron chi connectivity index (χ0n) is 14.2. The van der Waals surface area contributed by atoms with Gasteiger partial charge in [0.15, 0.2) is 5.13 Å². The number of hydrogen-bond donors (Lipinski definition) is 0. The van der Waals surface area contributed by atoms with E-state index in [1.54, 1.807) is 17.9 Å². The standard InChI is InChI=1S/C18H19N3O3S/c1-11-5-3-7-15-16(11)19-18(25-15)21(10-13-6-4-8-23-13)17(22)14-9-12(2)20-24-14/h3,5,7,9,13H,4,6,8,10H2,1-2H3/t13-/m1/s1. The van der Waals surface area contributed by atoms with Crippen molar-refractivity contribution in [2.24, 2.45) is 0 Å². The van der Waals surface area contributed by atoms with E-state index in [2.05, 4.69) is 5.16 Å². The number of thiazole rings is 1. The first-order chi connectivity index (χ1) is 12.1. The molecule has 6 nitrogen and oxygen atoms in total. The second-order valence-corrected chi connectivity index (χ2v) is 7.31. The molecule has 1 aliphatic rings. The van der Waals surface area contributed by atoms with Gasteiger partial charge in [0, 0.05) is 12.7 Å². The third-order valence-electron chi connectivity index (χ3n) is 4.33. The van der Waals surface area contributed by atoms with Crippen LogP contribution in [-0.2, 0) is 4.74 Å². The number of carbonyl (C=O) groups excluding carboxylic acids is 1. The average molecular weight is 357 g/mol. The van der Waals surface area contributed by atoms with E-state index >= 15 is 0 Å². The molecule has 7 heteroatoms. The number of hydrogen-bond acceptors (Lipinski definition) is 6. The van der Waals surface area contributed by atoms with E-state index in [1.807, 2.05) is 25.1 Å². The van der Waals surface area contributed by atoms with Gasteiger partial charge in [-0.15, -0.1) is 0 Å². The minimum Gasteiger partial charge on any atom is -0.376 e. The molecule has 3 aromatic rings.